The fraction of sp³-hybridized carbons (Fsp3) is 0.0667. The summed E-state index contributed by atoms with van der Waals surface area (Å²) in [6.45, 7) is 1.93. The summed E-state index contributed by atoms with van der Waals surface area (Å²) in [5.41, 5.74) is 8.83. The zero-order valence-electron chi connectivity index (χ0n) is 10.5. The maximum Gasteiger partial charge on any atom is 0.255 e. The number of nitriles is 1. The minimum absolute atomic E-state index is 0.285. The molecule has 0 unspecified atom stereocenters. The zero-order valence-corrected chi connectivity index (χ0v) is 10.5. The molecule has 0 spiro atoms. The maximum absolute atomic E-state index is 12.0. The highest BCUT2D eigenvalue weighted by Gasteiger charge is 2.08. The second-order valence-corrected chi connectivity index (χ2v) is 4.24. The summed E-state index contributed by atoms with van der Waals surface area (Å²) in [7, 11) is 0. The topological polar surface area (TPSA) is 78.9 Å². The van der Waals surface area contributed by atoms with Gasteiger partial charge in [0.2, 0.25) is 0 Å². The Bertz CT molecular complexity index is 671. The van der Waals surface area contributed by atoms with Crippen molar-refractivity contribution in [3.05, 3.63) is 59.2 Å². The number of carbonyl (C=O) groups excluding carboxylic acids is 1. The Morgan fingerprint density at radius 1 is 1.26 bits per heavy atom. The summed E-state index contributed by atoms with van der Waals surface area (Å²) in [4.78, 5) is 12.0. The molecule has 0 heterocycles. The third-order valence-electron chi connectivity index (χ3n) is 2.71. The highest BCUT2D eigenvalue weighted by atomic mass is 16.1. The van der Waals surface area contributed by atoms with E-state index in [2.05, 4.69) is 5.32 Å². The van der Waals surface area contributed by atoms with Gasteiger partial charge in [0.1, 0.15) is 0 Å². The molecule has 1 amide bonds. The molecule has 0 aliphatic heterocycles. The van der Waals surface area contributed by atoms with Crippen molar-refractivity contribution in [1.29, 1.82) is 5.26 Å². The average Bonchev–Trinajstić information content (AvgIpc) is 2.42. The Labute approximate surface area is 111 Å². The van der Waals surface area contributed by atoms with E-state index in [-0.39, 0.29) is 5.91 Å². The van der Waals surface area contributed by atoms with E-state index < -0.39 is 0 Å². The quantitative estimate of drug-likeness (QED) is 0.805. The van der Waals surface area contributed by atoms with E-state index in [9.17, 15) is 4.79 Å². The molecule has 94 valence electrons. The smallest absolute Gasteiger partial charge is 0.255 e. The van der Waals surface area contributed by atoms with Crippen LogP contribution in [0.3, 0.4) is 0 Å². The van der Waals surface area contributed by atoms with Crippen LogP contribution in [0, 0.1) is 18.3 Å². The Kier molecular flexibility index (Phi) is 3.48. The van der Waals surface area contributed by atoms with E-state index in [0.29, 0.717) is 22.5 Å². The molecule has 0 aliphatic rings. The number of nitrogens with one attached hydrogen (secondary N) is 1. The monoisotopic (exact) mass is 251 g/mol. The largest absolute Gasteiger partial charge is 0.397 e. The SMILES string of the molecule is Cc1ccc(NC(=O)c2cccc(C#N)c2)c(N)c1. The maximum atomic E-state index is 12.0. The molecule has 0 aliphatic carbocycles. The van der Waals surface area contributed by atoms with Crippen molar-refractivity contribution in [2.24, 2.45) is 0 Å². The molecule has 0 saturated carbocycles. The molecular weight excluding hydrogens is 238 g/mol. The molecule has 0 radical (unpaired) electrons. The summed E-state index contributed by atoms with van der Waals surface area (Å²) in [6.07, 6.45) is 0. The van der Waals surface area contributed by atoms with Gasteiger partial charge in [-0.15, -0.1) is 0 Å². The second kappa shape index (κ2) is 5.23. The summed E-state index contributed by atoms with van der Waals surface area (Å²) >= 11 is 0. The van der Waals surface area contributed by atoms with Gasteiger partial charge in [-0.05, 0) is 42.8 Å². The third-order valence-corrected chi connectivity index (χ3v) is 2.71. The van der Waals surface area contributed by atoms with Crippen molar-refractivity contribution in [1.82, 2.24) is 0 Å². The number of benzene rings is 2. The molecule has 0 fully saturated rings. The average molecular weight is 251 g/mol. The van der Waals surface area contributed by atoms with Crippen molar-refractivity contribution in [3.63, 3.8) is 0 Å². The number of hydrogen-bond acceptors (Lipinski definition) is 3. The van der Waals surface area contributed by atoms with Crippen LogP contribution in [0.25, 0.3) is 0 Å². The fourth-order valence-electron chi connectivity index (χ4n) is 1.72. The van der Waals surface area contributed by atoms with Gasteiger partial charge in [-0.2, -0.15) is 5.26 Å². The van der Waals surface area contributed by atoms with E-state index >= 15 is 0 Å². The Morgan fingerprint density at radius 2 is 2.05 bits per heavy atom. The minimum Gasteiger partial charge on any atom is -0.397 e. The lowest BCUT2D eigenvalue weighted by Crippen LogP contribution is -2.13. The first-order valence-corrected chi connectivity index (χ1v) is 5.78. The van der Waals surface area contributed by atoms with Gasteiger partial charge in [0, 0.05) is 5.56 Å². The van der Waals surface area contributed by atoms with Crippen LogP contribution in [0.4, 0.5) is 11.4 Å². The molecule has 2 aromatic carbocycles. The number of rotatable bonds is 2. The number of anilines is 2. The van der Waals surface area contributed by atoms with Gasteiger partial charge in [0.25, 0.3) is 5.91 Å². The van der Waals surface area contributed by atoms with Crippen LogP contribution in [0.5, 0.6) is 0 Å². The lowest BCUT2D eigenvalue weighted by atomic mass is 10.1. The summed E-state index contributed by atoms with van der Waals surface area (Å²) in [5.74, 6) is -0.285. The first-order chi connectivity index (χ1) is 9.10. The van der Waals surface area contributed by atoms with Crippen LogP contribution in [-0.2, 0) is 0 Å². The minimum atomic E-state index is -0.285. The summed E-state index contributed by atoms with van der Waals surface area (Å²) in [5, 5.41) is 11.5. The van der Waals surface area contributed by atoms with E-state index in [1.165, 1.54) is 0 Å². The van der Waals surface area contributed by atoms with Crippen molar-refractivity contribution in [3.8, 4) is 6.07 Å². The fourth-order valence-corrected chi connectivity index (χ4v) is 1.72. The second-order valence-electron chi connectivity index (χ2n) is 4.24. The molecule has 4 nitrogen and oxygen atoms in total. The van der Waals surface area contributed by atoms with Gasteiger partial charge in [-0.25, -0.2) is 0 Å². The van der Waals surface area contributed by atoms with Gasteiger partial charge in [0.05, 0.1) is 23.0 Å². The highest BCUT2D eigenvalue weighted by molar-refractivity contribution is 6.05. The predicted octanol–water partition coefficient (Wildman–Crippen LogP) is 2.70. The predicted molar refractivity (Wildman–Crippen MR) is 74.7 cm³/mol. The number of aryl methyl sites for hydroxylation is 1. The van der Waals surface area contributed by atoms with Gasteiger partial charge in [-0.1, -0.05) is 12.1 Å². The van der Waals surface area contributed by atoms with Gasteiger partial charge in [0.15, 0.2) is 0 Å². The van der Waals surface area contributed by atoms with Crippen molar-refractivity contribution in [2.45, 2.75) is 6.92 Å². The molecule has 3 N–H and O–H groups in total. The summed E-state index contributed by atoms with van der Waals surface area (Å²) < 4.78 is 0. The number of carbonyl (C=O) groups is 1. The van der Waals surface area contributed by atoms with Crippen LogP contribution in [0.2, 0.25) is 0 Å². The molecular formula is C15H13N3O. The molecule has 0 saturated heterocycles. The van der Waals surface area contributed by atoms with E-state index in [4.69, 9.17) is 11.0 Å². The van der Waals surface area contributed by atoms with E-state index in [1.54, 1.807) is 36.4 Å². The van der Waals surface area contributed by atoms with Crippen molar-refractivity contribution in [2.75, 3.05) is 11.1 Å². The van der Waals surface area contributed by atoms with Gasteiger partial charge >= 0.3 is 0 Å². The van der Waals surface area contributed by atoms with Gasteiger partial charge < -0.3 is 11.1 Å². The molecule has 2 aromatic rings. The summed E-state index contributed by atoms with van der Waals surface area (Å²) in [6, 6.07) is 13.9. The number of nitrogens with two attached hydrogens (primary N) is 1. The van der Waals surface area contributed by atoms with Crippen LogP contribution < -0.4 is 11.1 Å². The standard InChI is InChI=1S/C15H13N3O/c1-10-5-6-14(13(17)7-10)18-15(19)12-4-2-3-11(8-12)9-16/h2-8H,17H2,1H3,(H,18,19). The first kappa shape index (κ1) is 12.7. The van der Waals surface area contributed by atoms with Crippen LogP contribution in [0.15, 0.2) is 42.5 Å². The van der Waals surface area contributed by atoms with Gasteiger partial charge in [-0.3, -0.25) is 4.79 Å². The molecule has 0 atom stereocenters. The van der Waals surface area contributed by atoms with Crippen molar-refractivity contribution >= 4 is 17.3 Å². The molecule has 4 heteroatoms. The zero-order chi connectivity index (χ0) is 13.8. The Balaban J connectivity index is 2.23. The lowest BCUT2D eigenvalue weighted by molar-refractivity contribution is 0.102. The highest BCUT2D eigenvalue weighted by Crippen LogP contribution is 2.20. The molecule has 2 rings (SSSR count). The first-order valence-electron chi connectivity index (χ1n) is 5.78. The Morgan fingerprint density at radius 3 is 2.74 bits per heavy atom. The Hall–Kier alpha value is -2.80. The lowest BCUT2D eigenvalue weighted by Gasteiger charge is -2.09. The van der Waals surface area contributed by atoms with E-state index in [0.717, 1.165) is 5.56 Å². The molecule has 0 bridgehead atoms. The number of hydrogen-bond donors (Lipinski definition) is 2. The van der Waals surface area contributed by atoms with Crippen molar-refractivity contribution < 1.29 is 4.79 Å². The molecule has 19 heavy (non-hydrogen) atoms. The number of amides is 1. The number of nitrogens with zero attached hydrogens (tertiary/aromatic N) is 1. The van der Waals surface area contributed by atoms with E-state index in [1.807, 2.05) is 19.1 Å². The van der Waals surface area contributed by atoms with Crippen LogP contribution in [0.1, 0.15) is 21.5 Å². The number of nitrogen functional groups attached to an aromatic ring is 1. The van der Waals surface area contributed by atoms with Crippen LogP contribution in [-0.4, -0.2) is 5.91 Å². The normalized spacial score (nSPS) is 9.68. The third kappa shape index (κ3) is 2.90. The molecule has 0 aromatic heterocycles. The van der Waals surface area contributed by atoms with Crippen LogP contribution >= 0.6 is 0 Å².